The topological polar surface area (TPSA) is 30.7 Å². The van der Waals surface area contributed by atoms with Crippen molar-refractivity contribution in [3.8, 4) is 50.6 Å². The quantitative estimate of drug-likeness (QED) is 0.197. The molecule has 7 aromatic carbocycles. The van der Waals surface area contributed by atoms with E-state index in [1.807, 2.05) is 6.07 Å². The molecule has 2 heterocycles. The van der Waals surface area contributed by atoms with E-state index in [-0.39, 0.29) is 0 Å². The van der Waals surface area contributed by atoms with Gasteiger partial charge in [0.1, 0.15) is 0 Å². The molecule has 2 aromatic heterocycles. The van der Waals surface area contributed by atoms with Gasteiger partial charge in [0.2, 0.25) is 5.95 Å². The Kier molecular flexibility index (Phi) is 6.46. The molecule has 0 fully saturated rings. The Morgan fingerprint density at radius 1 is 0.362 bits per heavy atom. The van der Waals surface area contributed by atoms with Gasteiger partial charge in [-0.2, -0.15) is 0 Å². The minimum Gasteiger partial charge on any atom is -0.277 e. The van der Waals surface area contributed by atoms with Crippen molar-refractivity contribution in [2.75, 3.05) is 0 Å². The highest BCUT2D eigenvalue weighted by Crippen LogP contribution is 2.41. The number of para-hydroxylation sites is 2. The van der Waals surface area contributed by atoms with Gasteiger partial charge in [-0.3, -0.25) is 4.57 Å². The summed E-state index contributed by atoms with van der Waals surface area (Å²) in [6.45, 7) is 0. The van der Waals surface area contributed by atoms with Gasteiger partial charge in [-0.05, 0) is 52.1 Å². The minimum absolute atomic E-state index is 0.654. The standard InChI is InChI=1S/C44H29N3/c1-4-14-30(15-5-1)32-24-26-34(27-25-32)42-37-21-10-12-22-40(37)45-44(46-42)47-41-23-13-11-20-36(41)39-29-35(31-16-6-2-7-17-31)28-38(43(39)47)33-18-8-3-9-19-33/h1-29H. The molecule has 0 aliphatic carbocycles. The first-order chi connectivity index (χ1) is 23.3. The van der Waals surface area contributed by atoms with Crippen LogP contribution in [0.4, 0.5) is 0 Å². The van der Waals surface area contributed by atoms with E-state index in [0.717, 1.165) is 44.3 Å². The van der Waals surface area contributed by atoms with Crippen molar-refractivity contribution in [2.24, 2.45) is 0 Å². The van der Waals surface area contributed by atoms with E-state index in [9.17, 15) is 0 Å². The molecule has 0 aliphatic heterocycles. The highest BCUT2D eigenvalue weighted by Gasteiger charge is 2.21. The Morgan fingerprint density at radius 3 is 1.60 bits per heavy atom. The first kappa shape index (κ1) is 27.0. The van der Waals surface area contributed by atoms with Gasteiger partial charge in [-0.15, -0.1) is 0 Å². The number of benzene rings is 7. The predicted molar refractivity (Wildman–Crippen MR) is 196 cm³/mol. The maximum Gasteiger partial charge on any atom is 0.235 e. The van der Waals surface area contributed by atoms with Crippen molar-refractivity contribution < 1.29 is 0 Å². The maximum atomic E-state index is 5.38. The van der Waals surface area contributed by atoms with Crippen LogP contribution < -0.4 is 0 Å². The zero-order chi connectivity index (χ0) is 31.2. The summed E-state index contributed by atoms with van der Waals surface area (Å²) in [5.74, 6) is 0.654. The van der Waals surface area contributed by atoms with Crippen LogP contribution in [0.1, 0.15) is 0 Å². The summed E-state index contributed by atoms with van der Waals surface area (Å²) in [6.07, 6.45) is 0. The molecule has 3 heteroatoms. The molecule has 47 heavy (non-hydrogen) atoms. The number of aromatic nitrogens is 3. The molecule has 3 nitrogen and oxygen atoms in total. The molecule has 0 N–H and O–H groups in total. The molecule has 220 valence electrons. The van der Waals surface area contributed by atoms with Crippen LogP contribution in [0.15, 0.2) is 176 Å². The van der Waals surface area contributed by atoms with E-state index >= 15 is 0 Å². The summed E-state index contributed by atoms with van der Waals surface area (Å²) in [6, 6.07) is 62.0. The van der Waals surface area contributed by atoms with Crippen LogP contribution in [0.3, 0.4) is 0 Å². The molecule has 0 aliphatic rings. The number of hydrogen-bond donors (Lipinski definition) is 0. The van der Waals surface area contributed by atoms with E-state index in [0.29, 0.717) is 5.95 Å². The summed E-state index contributed by atoms with van der Waals surface area (Å²) in [5, 5.41) is 3.37. The third kappa shape index (κ3) is 4.68. The molecule has 0 spiro atoms. The Hall–Kier alpha value is -6.32. The summed E-state index contributed by atoms with van der Waals surface area (Å²) in [7, 11) is 0. The molecule has 0 saturated heterocycles. The van der Waals surface area contributed by atoms with Crippen molar-refractivity contribution >= 4 is 32.7 Å². The average Bonchev–Trinajstić information content (AvgIpc) is 3.49. The van der Waals surface area contributed by atoms with Crippen LogP contribution in [-0.2, 0) is 0 Å². The molecule has 9 aromatic rings. The van der Waals surface area contributed by atoms with Gasteiger partial charge in [-0.25, -0.2) is 9.97 Å². The molecule has 0 radical (unpaired) electrons. The number of nitrogens with zero attached hydrogens (tertiary/aromatic N) is 3. The van der Waals surface area contributed by atoms with E-state index < -0.39 is 0 Å². The van der Waals surface area contributed by atoms with Crippen LogP contribution in [0.2, 0.25) is 0 Å². The van der Waals surface area contributed by atoms with E-state index in [1.54, 1.807) is 0 Å². The number of rotatable bonds is 5. The smallest absolute Gasteiger partial charge is 0.235 e. The third-order valence-electron chi connectivity index (χ3n) is 9.02. The van der Waals surface area contributed by atoms with Gasteiger partial charge in [0, 0.05) is 27.3 Å². The van der Waals surface area contributed by atoms with Gasteiger partial charge in [-0.1, -0.05) is 152 Å². The first-order valence-corrected chi connectivity index (χ1v) is 15.9. The molecule has 0 atom stereocenters. The fraction of sp³-hybridized carbons (Fsp3) is 0. The summed E-state index contributed by atoms with van der Waals surface area (Å²) in [5.41, 5.74) is 12.1. The van der Waals surface area contributed by atoms with Gasteiger partial charge in [0.15, 0.2) is 0 Å². The maximum absolute atomic E-state index is 5.38. The molecule has 0 unspecified atom stereocenters. The van der Waals surface area contributed by atoms with Crippen molar-refractivity contribution in [1.82, 2.24) is 14.5 Å². The van der Waals surface area contributed by atoms with Crippen molar-refractivity contribution in [3.63, 3.8) is 0 Å². The predicted octanol–water partition coefficient (Wildman–Crippen LogP) is 11.4. The molecule has 0 saturated carbocycles. The van der Waals surface area contributed by atoms with Crippen LogP contribution in [0.5, 0.6) is 0 Å². The van der Waals surface area contributed by atoms with Gasteiger partial charge >= 0.3 is 0 Å². The average molecular weight is 600 g/mol. The van der Waals surface area contributed by atoms with Gasteiger partial charge in [0.25, 0.3) is 0 Å². The summed E-state index contributed by atoms with van der Waals surface area (Å²) in [4.78, 5) is 10.6. The second kappa shape index (κ2) is 11.2. The van der Waals surface area contributed by atoms with Crippen LogP contribution >= 0.6 is 0 Å². The van der Waals surface area contributed by atoms with E-state index in [2.05, 4.69) is 174 Å². The fourth-order valence-electron chi connectivity index (χ4n) is 6.78. The molecular weight excluding hydrogens is 571 g/mol. The zero-order valence-corrected chi connectivity index (χ0v) is 25.6. The lowest BCUT2D eigenvalue weighted by Crippen LogP contribution is -2.04. The molecule has 0 bridgehead atoms. The van der Waals surface area contributed by atoms with Crippen molar-refractivity contribution in [2.45, 2.75) is 0 Å². The Labute approximate surface area is 273 Å². The number of hydrogen-bond acceptors (Lipinski definition) is 2. The number of fused-ring (bicyclic) bond motifs is 4. The highest BCUT2D eigenvalue weighted by atomic mass is 15.2. The minimum atomic E-state index is 0.654. The monoisotopic (exact) mass is 599 g/mol. The van der Waals surface area contributed by atoms with Crippen molar-refractivity contribution in [1.29, 1.82) is 0 Å². The zero-order valence-electron chi connectivity index (χ0n) is 25.6. The highest BCUT2D eigenvalue weighted by molar-refractivity contribution is 6.15. The van der Waals surface area contributed by atoms with Crippen LogP contribution in [0, 0.1) is 0 Å². The lowest BCUT2D eigenvalue weighted by Gasteiger charge is -2.15. The lowest BCUT2D eigenvalue weighted by molar-refractivity contribution is 1.01. The SMILES string of the molecule is c1ccc(-c2ccc(-c3nc(-n4c5ccccc5c5cc(-c6ccccc6)cc(-c6ccccc6)c54)nc4ccccc34)cc2)cc1. The fourth-order valence-corrected chi connectivity index (χ4v) is 6.78. The Balaban J connectivity index is 1.34. The van der Waals surface area contributed by atoms with E-state index in [4.69, 9.17) is 9.97 Å². The summed E-state index contributed by atoms with van der Waals surface area (Å²) >= 11 is 0. The third-order valence-corrected chi connectivity index (χ3v) is 9.02. The molecule has 0 amide bonds. The van der Waals surface area contributed by atoms with Gasteiger partial charge < -0.3 is 0 Å². The van der Waals surface area contributed by atoms with Crippen LogP contribution in [-0.4, -0.2) is 14.5 Å². The second-order valence-corrected chi connectivity index (χ2v) is 11.8. The largest absolute Gasteiger partial charge is 0.277 e. The first-order valence-electron chi connectivity index (χ1n) is 15.9. The summed E-state index contributed by atoms with van der Waals surface area (Å²) < 4.78 is 2.26. The lowest BCUT2D eigenvalue weighted by atomic mass is 9.95. The Morgan fingerprint density at radius 2 is 0.894 bits per heavy atom. The van der Waals surface area contributed by atoms with Gasteiger partial charge in [0.05, 0.1) is 22.2 Å². The second-order valence-electron chi connectivity index (χ2n) is 11.8. The normalized spacial score (nSPS) is 11.4. The Bertz CT molecular complexity index is 2530. The van der Waals surface area contributed by atoms with Crippen molar-refractivity contribution in [3.05, 3.63) is 176 Å². The molecular formula is C44H29N3. The van der Waals surface area contributed by atoms with E-state index in [1.165, 1.54) is 33.0 Å². The van der Waals surface area contributed by atoms with Crippen LogP contribution in [0.25, 0.3) is 83.3 Å². The molecule has 9 rings (SSSR count).